The molecule has 3 nitrogen and oxygen atoms in total. The van der Waals surface area contributed by atoms with Gasteiger partial charge in [-0.25, -0.2) is 4.98 Å². The third-order valence-electron chi connectivity index (χ3n) is 1.57. The van der Waals surface area contributed by atoms with Gasteiger partial charge in [-0.05, 0) is 28.1 Å². The zero-order valence-corrected chi connectivity index (χ0v) is 8.05. The van der Waals surface area contributed by atoms with E-state index < -0.39 is 0 Å². The molecule has 0 atom stereocenters. The fourth-order valence-corrected chi connectivity index (χ4v) is 1.67. The summed E-state index contributed by atoms with van der Waals surface area (Å²) in [4.78, 5) is 4.16. The number of nitrogens with two attached hydrogens (primary N) is 1. The zero-order chi connectivity index (χ0) is 8.72. The van der Waals surface area contributed by atoms with Crippen LogP contribution in [0.5, 0.6) is 0 Å². The van der Waals surface area contributed by atoms with Crippen molar-refractivity contribution in [2.45, 2.75) is 6.92 Å². The van der Waals surface area contributed by atoms with Gasteiger partial charge in [-0.15, -0.1) is 0 Å². The fraction of sp³-hybridized carbons (Fsp3) is 0.125. The molecule has 0 aliphatic carbocycles. The summed E-state index contributed by atoms with van der Waals surface area (Å²) in [6.07, 6.45) is 0. The predicted octanol–water partition coefficient (Wildman–Crippen LogP) is 2.48. The lowest BCUT2D eigenvalue weighted by molar-refractivity contribution is 0.559. The van der Waals surface area contributed by atoms with E-state index in [1.165, 1.54) is 0 Å². The number of oxazole rings is 1. The van der Waals surface area contributed by atoms with Crippen LogP contribution in [0.1, 0.15) is 5.89 Å². The number of aromatic nitrogens is 1. The van der Waals surface area contributed by atoms with Crippen LogP contribution in [-0.4, -0.2) is 4.98 Å². The van der Waals surface area contributed by atoms with E-state index in [0.29, 0.717) is 11.6 Å². The van der Waals surface area contributed by atoms with Crippen molar-refractivity contribution in [2.24, 2.45) is 0 Å². The van der Waals surface area contributed by atoms with Crippen LogP contribution in [0.15, 0.2) is 21.0 Å². The molecule has 0 spiro atoms. The topological polar surface area (TPSA) is 52.0 Å². The van der Waals surface area contributed by atoms with Crippen molar-refractivity contribution in [3.8, 4) is 0 Å². The highest BCUT2D eigenvalue weighted by atomic mass is 79.9. The minimum Gasteiger partial charge on any atom is -0.440 e. The Labute approximate surface area is 77.7 Å². The Morgan fingerprint density at radius 2 is 2.25 bits per heavy atom. The van der Waals surface area contributed by atoms with Gasteiger partial charge in [0.25, 0.3) is 0 Å². The molecule has 12 heavy (non-hydrogen) atoms. The molecule has 0 saturated heterocycles. The second kappa shape index (κ2) is 2.48. The van der Waals surface area contributed by atoms with Gasteiger partial charge in [0.2, 0.25) is 0 Å². The lowest BCUT2D eigenvalue weighted by atomic mass is 10.3. The monoisotopic (exact) mass is 226 g/mol. The molecule has 0 aliphatic heterocycles. The Balaban J connectivity index is 2.88. The van der Waals surface area contributed by atoms with Gasteiger partial charge in [0.05, 0.1) is 4.47 Å². The third kappa shape index (κ3) is 1.08. The molecule has 2 aromatic rings. The number of aryl methyl sites for hydroxylation is 1. The molecule has 0 saturated carbocycles. The number of benzene rings is 1. The Hall–Kier alpha value is -1.03. The summed E-state index contributed by atoms with van der Waals surface area (Å²) in [6, 6.07) is 3.59. The van der Waals surface area contributed by atoms with E-state index in [9.17, 15) is 0 Å². The van der Waals surface area contributed by atoms with Gasteiger partial charge < -0.3 is 10.2 Å². The molecule has 2 rings (SSSR count). The summed E-state index contributed by atoms with van der Waals surface area (Å²) in [7, 11) is 0. The molecule has 0 aliphatic rings. The van der Waals surface area contributed by atoms with Gasteiger partial charge in [-0.2, -0.15) is 0 Å². The van der Waals surface area contributed by atoms with E-state index >= 15 is 0 Å². The first kappa shape index (κ1) is 7.61. The van der Waals surface area contributed by atoms with E-state index in [1.54, 1.807) is 12.1 Å². The summed E-state index contributed by atoms with van der Waals surface area (Å²) in [5.41, 5.74) is 7.85. The predicted molar refractivity (Wildman–Crippen MR) is 50.9 cm³/mol. The number of hydrogen-bond acceptors (Lipinski definition) is 3. The van der Waals surface area contributed by atoms with Crippen molar-refractivity contribution in [1.82, 2.24) is 4.98 Å². The van der Waals surface area contributed by atoms with Crippen LogP contribution in [0.3, 0.4) is 0 Å². The molecule has 1 heterocycles. The van der Waals surface area contributed by atoms with Crippen molar-refractivity contribution < 1.29 is 4.42 Å². The molecular weight excluding hydrogens is 220 g/mol. The van der Waals surface area contributed by atoms with Crippen LogP contribution in [0.4, 0.5) is 5.69 Å². The molecule has 0 bridgehead atoms. The number of nitrogen functional groups attached to an aromatic ring is 1. The molecule has 62 valence electrons. The van der Waals surface area contributed by atoms with E-state index in [4.69, 9.17) is 10.2 Å². The minimum atomic E-state index is 0.649. The van der Waals surface area contributed by atoms with E-state index in [1.807, 2.05) is 6.92 Å². The van der Waals surface area contributed by atoms with Crippen molar-refractivity contribution in [1.29, 1.82) is 0 Å². The fourth-order valence-electron chi connectivity index (χ4n) is 1.12. The number of rotatable bonds is 0. The first-order chi connectivity index (χ1) is 5.66. The van der Waals surface area contributed by atoms with Crippen molar-refractivity contribution >= 4 is 32.7 Å². The average molecular weight is 227 g/mol. The minimum absolute atomic E-state index is 0.649. The first-order valence-electron chi connectivity index (χ1n) is 3.49. The highest BCUT2D eigenvalue weighted by Gasteiger charge is 2.06. The van der Waals surface area contributed by atoms with Crippen molar-refractivity contribution in [2.75, 3.05) is 5.73 Å². The lowest BCUT2D eigenvalue weighted by Crippen LogP contribution is -1.83. The summed E-state index contributed by atoms with van der Waals surface area (Å²) in [6.45, 7) is 1.81. The van der Waals surface area contributed by atoms with Gasteiger partial charge in [-0.3, -0.25) is 0 Å². The SMILES string of the molecule is Cc1nc2cc(N)cc(Br)c2o1. The highest BCUT2D eigenvalue weighted by molar-refractivity contribution is 9.10. The zero-order valence-electron chi connectivity index (χ0n) is 6.47. The van der Waals surface area contributed by atoms with Gasteiger partial charge in [-0.1, -0.05) is 0 Å². The number of anilines is 1. The number of nitrogens with zero attached hydrogens (tertiary/aromatic N) is 1. The average Bonchev–Trinajstić information content (AvgIpc) is 2.29. The molecule has 4 heteroatoms. The van der Waals surface area contributed by atoms with Crippen LogP contribution in [0.2, 0.25) is 0 Å². The number of hydrogen-bond donors (Lipinski definition) is 1. The summed E-state index contributed by atoms with van der Waals surface area (Å²) in [5, 5.41) is 0. The molecule has 0 radical (unpaired) electrons. The first-order valence-corrected chi connectivity index (χ1v) is 4.28. The van der Waals surface area contributed by atoms with E-state index in [-0.39, 0.29) is 0 Å². The second-order valence-corrected chi connectivity index (χ2v) is 3.44. The van der Waals surface area contributed by atoms with Gasteiger partial charge in [0.1, 0.15) is 5.52 Å². The Bertz CT molecular complexity index is 436. The normalized spacial score (nSPS) is 10.8. The maximum Gasteiger partial charge on any atom is 0.192 e. The van der Waals surface area contributed by atoms with Crippen molar-refractivity contribution in [3.63, 3.8) is 0 Å². The van der Waals surface area contributed by atoms with Crippen LogP contribution in [0, 0.1) is 6.92 Å². The largest absolute Gasteiger partial charge is 0.440 e. The van der Waals surface area contributed by atoms with Crippen molar-refractivity contribution in [3.05, 3.63) is 22.5 Å². The van der Waals surface area contributed by atoms with Gasteiger partial charge >= 0.3 is 0 Å². The van der Waals surface area contributed by atoms with Crippen LogP contribution < -0.4 is 5.73 Å². The number of fused-ring (bicyclic) bond motifs is 1. The highest BCUT2D eigenvalue weighted by Crippen LogP contribution is 2.27. The molecule has 0 amide bonds. The van der Waals surface area contributed by atoms with Crippen LogP contribution in [0.25, 0.3) is 11.1 Å². The van der Waals surface area contributed by atoms with Gasteiger partial charge in [0.15, 0.2) is 11.5 Å². The van der Waals surface area contributed by atoms with Crippen LogP contribution in [-0.2, 0) is 0 Å². The summed E-state index contributed by atoms with van der Waals surface area (Å²) >= 11 is 3.35. The number of halogens is 1. The molecule has 0 fully saturated rings. The Kier molecular flexibility index (Phi) is 1.58. The van der Waals surface area contributed by atoms with Crippen LogP contribution >= 0.6 is 15.9 Å². The summed E-state index contributed by atoms with van der Waals surface area (Å²) < 4.78 is 6.19. The van der Waals surface area contributed by atoms with E-state index in [0.717, 1.165) is 15.6 Å². The lowest BCUT2D eigenvalue weighted by Gasteiger charge is -1.93. The van der Waals surface area contributed by atoms with Gasteiger partial charge in [0, 0.05) is 12.6 Å². The maximum atomic E-state index is 5.62. The smallest absolute Gasteiger partial charge is 0.192 e. The van der Waals surface area contributed by atoms with E-state index in [2.05, 4.69) is 20.9 Å². The quantitative estimate of drug-likeness (QED) is 0.703. The molecular formula is C8H7BrN2O. The second-order valence-electron chi connectivity index (χ2n) is 2.58. The Morgan fingerprint density at radius 3 is 3.00 bits per heavy atom. The molecule has 2 N–H and O–H groups in total. The molecule has 1 aromatic carbocycles. The maximum absolute atomic E-state index is 5.62. The summed E-state index contributed by atoms with van der Waals surface area (Å²) in [5.74, 6) is 0.649. The molecule has 1 aromatic heterocycles. The Morgan fingerprint density at radius 1 is 1.50 bits per heavy atom. The third-order valence-corrected chi connectivity index (χ3v) is 2.16. The standard InChI is InChI=1S/C8H7BrN2O/c1-4-11-7-3-5(10)2-6(9)8(7)12-4/h2-3H,10H2,1H3. The molecule has 0 unspecified atom stereocenters.